The smallest absolute Gasteiger partial charge is 0.410 e. The lowest BCUT2D eigenvalue weighted by atomic mass is 9.61. The van der Waals surface area contributed by atoms with Crippen molar-refractivity contribution >= 4 is 59.1 Å². The second kappa shape index (κ2) is 12.8. The van der Waals surface area contributed by atoms with Gasteiger partial charge in [0, 0.05) is 97.1 Å². The summed E-state index contributed by atoms with van der Waals surface area (Å²) in [6.45, 7) is 9.43. The number of aromatic nitrogens is 2. The monoisotopic (exact) mass is 751 g/mol. The molecule has 8 nitrogen and oxygen atoms in total. The minimum absolute atomic E-state index is 0.00942. The molecule has 1 aliphatic heterocycles. The molecule has 2 aliphatic carbocycles. The Balaban J connectivity index is 1.07. The van der Waals surface area contributed by atoms with E-state index in [1.54, 1.807) is 16.3 Å². The normalized spacial score (nSPS) is 21.7. The number of ether oxygens (including phenoxy) is 3. The number of rotatable bonds is 8. The van der Waals surface area contributed by atoms with Crippen LogP contribution in [0.3, 0.4) is 0 Å². The lowest BCUT2D eigenvalue weighted by Crippen LogP contribution is -2.53. The minimum Gasteiger partial charge on any atom is -0.490 e. The Morgan fingerprint density at radius 3 is 2.45 bits per heavy atom. The zero-order chi connectivity index (χ0) is 31.2. The summed E-state index contributed by atoms with van der Waals surface area (Å²) < 4.78 is 22.3. The van der Waals surface area contributed by atoms with Crippen LogP contribution in [0.2, 0.25) is 0 Å². The van der Waals surface area contributed by atoms with Crippen LogP contribution in [0.15, 0.2) is 46.3 Å². The molecule has 2 aromatic heterocycles. The maximum atomic E-state index is 13.0. The average Bonchev–Trinajstić information content (AvgIpc) is 3.37. The van der Waals surface area contributed by atoms with Crippen LogP contribution in [0, 0.1) is 5.41 Å². The third-order valence-electron chi connectivity index (χ3n) is 9.14. The van der Waals surface area contributed by atoms with Gasteiger partial charge in [-0.2, -0.15) is 0 Å². The van der Waals surface area contributed by atoms with Gasteiger partial charge in [-0.15, -0.1) is 11.8 Å². The number of nitrogens with zero attached hydrogens (tertiary/aromatic N) is 3. The zero-order valence-corrected chi connectivity index (χ0v) is 29.9. The molecule has 0 unspecified atom stereocenters. The maximum absolute atomic E-state index is 13.0. The molecule has 238 valence electrons. The number of halogens is 1. The molecular weight excluding hydrogens is 709 g/mol. The summed E-state index contributed by atoms with van der Waals surface area (Å²) in [6, 6.07) is 8.45. The van der Waals surface area contributed by atoms with Crippen LogP contribution < -0.4 is 10.3 Å². The quantitative estimate of drug-likeness (QED) is 0.170. The molecule has 0 atom stereocenters. The van der Waals surface area contributed by atoms with Gasteiger partial charge in [-0.05, 0) is 81.9 Å². The number of piperidine rings is 1. The van der Waals surface area contributed by atoms with Crippen molar-refractivity contribution in [3.05, 3.63) is 47.0 Å². The number of pyridine rings is 1. The van der Waals surface area contributed by atoms with E-state index in [0.717, 1.165) is 79.6 Å². The number of carbonyl (C=O) groups excluding carboxylic acids is 1. The molecule has 1 aromatic carbocycles. The molecule has 2 saturated carbocycles. The van der Waals surface area contributed by atoms with Gasteiger partial charge >= 0.3 is 6.09 Å². The highest BCUT2D eigenvalue weighted by Gasteiger charge is 2.49. The van der Waals surface area contributed by atoms with Gasteiger partial charge in [-0.25, -0.2) is 4.79 Å². The van der Waals surface area contributed by atoms with Crippen LogP contribution in [-0.2, 0) is 16.5 Å². The molecule has 44 heavy (non-hydrogen) atoms. The first-order chi connectivity index (χ1) is 21.0. The van der Waals surface area contributed by atoms with Gasteiger partial charge in [0.1, 0.15) is 23.0 Å². The van der Waals surface area contributed by atoms with Crippen molar-refractivity contribution in [1.82, 2.24) is 13.4 Å². The highest BCUT2D eigenvalue weighted by atomic mass is 127. The number of hydrogen-bond acceptors (Lipinski definition) is 7. The number of carbonyl (C=O) groups is 1. The van der Waals surface area contributed by atoms with Crippen LogP contribution in [0.5, 0.6) is 5.75 Å². The predicted octanol–water partition coefficient (Wildman–Crippen LogP) is 8.07. The summed E-state index contributed by atoms with van der Waals surface area (Å²) in [4.78, 5) is 28.5. The summed E-state index contributed by atoms with van der Waals surface area (Å²) in [7, 11) is 3.31. The molecule has 11 heteroatoms. The number of fused-ring (bicyclic) bond motifs is 1. The second-order valence-electron chi connectivity index (χ2n) is 13.5. The Labute approximate surface area is 280 Å². The van der Waals surface area contributed by atoms with Crippen molar-refractivity contribution in [1.29, 1.82) is 0 Å². The second-order valence-corrected chi connectivity index (χ2v) is 16.5. The van der Waals surface area contributed by atoms with Crippen molar-refractivity contribution in [3.63, 3.8) is 0 Å². The van der Waals surface area contributed by atoms with E-state index in [1.807, 2.05) is 55.2 Å². The third-order valence-corrected chi connectivity index (χ3v) is 11.7. The van der Waals surface area contributed by atoms with Gasteiger partial charge in [0.15, 0.2) is 0 Å². The van der Waals surface area contributed by atoms with Crippen LogP contribution >= 0.6 is 42.1 Å². The van der Waals surface area contributed by atoms with E-state index >= 15 is 0 Å². The lowest BCUT2D eigenvalue weighted by molar-refractivity contribution is -0.165. The molecule has 6 rings (SSSR count). The number of amides is 1. The van der Waals surface area contributed by atoms with Crippen molar-refractivity contribution < 1.29 is 19.0 Å². The van der Waals surface area contributed by atoms with Gasteiger partial charge in [0.25, 0.3) is 5.56 Å². The maximum Gasteiger partial charge on any atom is 0.410 e. The Bertz CT molecular complexity index is 1580. The molecular formula is C33H42IN3O5S2. The molecule has 3 aliphatic rings. The van der Waals surface area contributed by atoms with E-state index in [-0.39, 0.29) is 23.9 Å². The van der Waals surface area contributed by atoms with Gasteiger partial charge < -0.3 is 23.7 Å². The largest absolute Gasteiger partial charge is 0.490 e. The molecule has 3 aromatic rings. The standard InChI is InChI=1S/C33H42IN3O5S2/c1-6-43-24-7-8-28(26(17-24)27-20-35(5)30(38)29-25(27)9-12-37(29)44-34)41-22-15-21(16-22)40-23-18-33(19-23)10-13-36(14-11-33)31(39)42-32(2,3)4/h7-9,12,17,20-23H,6,10-11,13-16,18-19H2,1-5H3. The van der Waals surface area contributed by atoms with Gasteiger partial charge in [0.2, 0.25) is 0 Å². The Morgan fingerprint density at radius 2 is 1.80 bits per heavy atom. The summed E-state index contributed by atoms with van der Waals surface area (Å²) in [6.07, 6.45) is 10.3. The number of likely N-dealkylation sites (tertiary alicyclic amines) is 1. The topological polar surface area (TPSA) is 74.9 Å². The van der Waals surface area contributed by atoms with E-state index < -0.39 is 5.60 Å². The summed E-state index contributed by atoms with van der Waals surface area (Å²) in [5.41, 5.74) is 2.55. The molecule has 0 bridgehead atoms. The molecule has 3 fully saturated rings. The predicted molar refractivity (Wildman–Crippen MR) is 187 cm³/mol. The van der Waals surface area contributed by atoms with E-state index in [4.69, 9.17) is 14.2 Å². The summed E-state index contributed by atoms with van der Waals surface area (Å²) in [5.74, 6) is 1.83. The van der Waals surface area contributed by atoms with Crippen molar-refractivity contribution in [2.24, 2.45) is 12.5 Å². The number of benzene rings is 1. The average molecular weight is 752 g/mol. The highest BCUT2D eigenvalue weighted by molar-refractivity contribution is 14.2. The van der Waals surface area contributed by atoms with Crippen LogP contribution in [-0.4, -0.2) is 62.3 Å². The first-order valence-corrected chi connectivity index (χ1v) is 19.8. The lowest BCUT2D eigenvalue weighted by Gasteiger charge is -2.53. The Hall–Kier alpha value is -1.83. The fourth-order valence-corrected chi connectivity index (χ4v) is 8.79. The zero-order valence-electron chi connectivity index (χ0n) is 26.1. The molecule has 1 amide bonds. The van der Waals surface area contributed by atoms with Crippen molar-refractivity contribution in [3.8, 4) is 16.9 Å². The molecule has 3 heterocycles. The fraction of sp³-hybridized carbons (Fsp3) is 0.576. The molecule has 0 N–H and O–H groups in total. The summed E-state index contributed by atoms with van der Waals surface area (Å²) in [5, 5.41) is 0.937. The van der Waals surface area contributed by atoms with E-state index in [9.17, 15) is 9.59 Å². The van der Waals surface area contributed by atoms with Crippen molar-refractivity contribution in [2.75, 3.05) is 18.8 Å². The van der Waals surface area contributed by atoms with Gasteiger partial charge in [0.05, 0.1) is 12.2 Å². The van der Waals surface area contributed by atoms with Crippen LogP contribution in [0.25, 0.3) is 22.0 Å². The Morgan fingerprint density at radius 1 is 1.07 bits per heavy atom. The first kappa shape index (κ1) is 32.1. The number of hydrogen-bond donors (Lipinski definition) is 0. The van der Waals surface area contributed by atoms with Crippen molar-refractivity contribution in [2.45, 2.75) is 95.0 Å². The first-order valence-electron chi connectivity index (χ1n) is 15.5. The Kier molecular flexibility index (Phi) is 9.31. The van der Waals surface area contributed by atoms with Gasteiger partial charge in [-0.3, -0.25) is 8.77 Å². The third kappa shape index (κ3) is 6.66. The van der Waals surface area contributed by atoms with E-state index in [0.29, 0.717) is 17.0 Å². The van der Waals surface area contributed by atoms with E-state index in [2.05, 4.69) is 46.3 Å². The number of aryl methyl sites for hydroxylation is 1. The SMILES string of the molecule is CCSc1ccc(OC2CC(OC3CC4(CCN(C(=O)OC(C)(C)C)CC4)C3)C2)c(-c2cn(C)c(=O)c3c2ccn3SI)c1. The van der Waals surface area contributed by atoms with Crippen LogP contribution in [0.1, 0.15) is 66.2 Å². The number of thioether (sulfide) groups is 1. The van der Waals surface area contributed by atoms with Crippen LogP contribution in [0.4, 0.5) is 4.79 Å². The minimum atomic E-state index is -0.459. The van der Waals surface area contributed by atoms with Gasteiger partial charge in [-0.1, -0.05) is 6.92 Å². The summed E-state index contributed by atoms with van der Waals surface area (Å²) >= 11 is 4.01. The molecule has 0 radical (unpaired) electrons. The molecule has 1 spiro atoms. The highest BCUT2D eigenvalue weighted by Crippen LogP contribution is 2.51. The molecule has 1 saturated heterocycles. The fourth-order valence-electron chi connectivity index (χ4n) is 6.76. The van der Waals surface area contributed by atoms with E-state index in [1.165, 1.54) is 14.0 Å².